The van der Waals surface area contributed by atoms with Gasteiger partial charge < -0.3 is 9.80 Å². The summed E-state index contributed by atoms with van der Waals surface area (Å²) in [6.07, 6.45) is 0. The van der Waals surface area contributed by atoms with Crippen LogP contribution in [0.4, 0.5) is 28.4 Å². The summed E-state index contributed by atoms with van der Waals surface area (Å²) in [5.74, 6) is 0. The first-order chi connectivity index (χ1) is 16.7. The van der Waals surface area contributed by atoms with Gasteiger partial charge in [-0.25, -0.2) is 0 Å². The molecule has 0 aliphatic carbocycles. The molecule has 0 unspecified atom stereocenters. The summed E-state index contributed by atoms with van der Waals surface area (Å²) in [4.78, 5) is 4.49. The van der Waals surface area contributed by atoms with Gasteiger partial charge in [0, 0.05) is 35.5 Å². The van der Waals surface area contributed by atoms with Crippen LogP contribution in [0.5, 0.6) is 0 Å². The van der Waals surface area contributed by atoms with Crippen molar-refractivity contribution in [1.29, 1.82) is 0 Å². The van der Waals surface area contributed by atoms with E-state index in [1.165, 1.54) is 28.1 Å². The van der Waals surface area contributed by atoms with Crippen molar-refractivity contribution in [3.63, 3.8) is 0 Å². The highest BCUT2D eigenvalue weighted by Gasteiger charge is 2.12. The maximum Gasteiger partial charge on any atom is 0.0462 e. The number of hydrogen-bond donors (Lipinski definition) is 0. The molecule has 166 valence electrons. The molecule has 0 aromatic heterocycles. The van der Waals surface area contributed by atoms with Crippen LogP contribution in [-0.4, -0.2) is 7.05 Å². The minimum absolute atomic E-state index is 1.14. The average Bonchev–Trinajstić information content (AvgIpc) is 2.91. The Balaban J connectivity index is 1.42. The molecule has 2 heteroatoms. The van der Waals surface area contributed by atoms with Crippen molar-refractivity contribution in [3.05, 3.63) is 139 Å². The first-order valence-corrected chi connectivity index (χ1v) is 11.6. The Labute approximate surface area is 202 Å². The van der Waals surface area contributed by atoms with Gasteiger partial charge in [0.2, 0.25) is 0 Å². The van der Waals surface area contributed by atoms with E-state index in [1.807, 2.05) is 6.07 Å². The standard InChI is InChI=1S/C32H28N2/c1-25-13-19-31(20-14-25)34(30-11-7-4-8-12-30)32-23-17-27(18-24-32)26-15-21-29(22-16-26)33(2)28-9-5-3-6-10-28/h3-24H,1-2H3. The molecule has 0 spiro atoms. The lowest BCUT2D eigenvalue weighted by molar-refractivity contribution is 1.21. The summed E-state index contributed by atoms with van der Waals surface area (Å²) in [5.41, 5.74) is 9.45. The zero-order chi connectivity index (χ0) is 23.3. The summed E-state index contributed by atoms with van der Waals surface area (Å²) >= 11 is 0. The molecule has 5 aromatic rings. The van der Waals surface area contributed by atoms with Gasteiger partial charge in [-0.15, -0.1) is 0 Å². The summed E-state index contributed by atoms with van der Waals surface area (Å²) < 4.78 is 0. The lowest BCUT2D eigenvalue weighted by atomic mass is 10.0. The van der Waals surface area contributed by atoms with Gasteiger partial charge in [-0.3, -0.25) is 0 Å². The van der Waals surface area contributed by atoms with E-state index in [0.717, 1.165) is 17.1 Å². The van der Waals surface area contributed by atoms with Crippen molar-refractivity contribution in [2.75, 3.05) is 16.8 Å². The first-order valence-electron chi connectivity index (χ1n) is 11.6. The van der Waals surface area contributed by atoms with Crippen LogP contribution < -0.4 is 9.80 Å². The van der Waals surface area contributed by atoms with Crippen molar-refractivity contribution >= 4 is 28.4 Å². The van der Waals surface area contributed by atoms with Gasteiger partial charge in [-0.05, 0) is 78.7 Å². The molecule has 0 bridgehead atoms. The predicted molar refractivity (Wildman–Crippen MR) is 146 cm³/mol. The van der Waals surface area contributed by atoms with Crippen LogP contribution >= 0.6 is 0 Å². The summed E-state index contributed by atoms with van der Waals surface area (Å²) in [7, 11) is 2.10. The second-order valence-corrected chi connectivity index (χ2v) is 8.49. The van der Waals surface area contributed by atoms with Gasteiger partial charge in [0.15, 0.2) is 0 Å². The fraction of sp³-hybridized carbons (Fsp3) is 0.0625. The molecule has 0 aliphatic rings. The molecule has 5 rings (SSSR count). The van der Waals surface area contributed by atoms with Crippen LogP contribution in [-0.2, 0) is 0 Å². The largest absolute Gasteiger partial charge is 0.345 e. The molecule has 34 heavy (non-hydrogen) atoms. The number of rotatable bonds is 6. The lowest BCUT2D eigenvalue weighted by Gasteiger charge is -2.25. The monoisotopic (exact) mass is 440 g/mol. The maximum atomic E-state index is 2.29. The van der Waals surface area contributed by atoms with Crippen LogP contribution in [0.25, 0.3) is 11.1 Å². The number of aryl methyl sites for hydroxylation is 1. The maximum absolute atomic E-state index is 2.29. The third-order valence-corrected chi connectivity index (χ3v) is 6.16. The van der Waals surface area contributed by atoms with Gasteiger partial charge in [-0.2, -0.15) is 0 Å². The normalized spacial score (nSPS) is 10.6. The molecule has 2 nitrogen and oxygen atoms in total. The topological polar surface area (TPSA) is 6.48 Å². The highest BCUT2D eigenvalue weighted by atomic mass is 15.1. The van der Waals surface area contributed by atoms with Crippen LogP contribution in [0.3, 0.4) is 0 Å². The molecule has 0 N–H and O–H groups in total. The average molecular weight is 441 g/mol. The molecular formula is C32H28N2. The van der Waals surface area contributed by atoms with E-state index < -0.39 is 0 Å². The molecule has 0 fully saturated rings. The fourth-order valence-corrected chi connectivity index (χ4v) is 4.20. The van der Waals surface area contributed by atoms with Crippen LogP contribution in [0.1, 0.15) is 5.56 Å². The molecule has 0 aliphatic heterocycles. The van der Waals surface area contributed by atoms with Crippen molar-refractivity contribution < 1.29 is 0 Å². The molecule has 0 saturated carbocycles. The number of para-hydroxylation sites is 2. The molecule has 0 atom stereocenters. The van der Waals surface area contributed by atoms with E-state index in [9.17, 15) is 0 Å². The fourth-order valence-electron chi connectivity index (χ4n) is 4.20. The molecule has 0 amide bonds. The number of anilines is 5. The minimum Gasteiger partial charge on any atom is -0.345 e. The Morgan fingerprint density at radius 1 is 0.382 bits per heavy atom. The Kier molecular flexibility index (Phi) is 6.13. The van der Waals surface area contributed by atoms with Crippen LogP contribution in [0, 0.1) is 6.92 Å². The van der Waals surface area contributed by atoms with Crippen molar-refractivity contribution in [2.45, 2.75) is 6.92 Å². The second kappa shape index (κ2) is 9.68. The lowest BCUT2D eigenvalue weighted by Crippen LogP contribution is -2.09. The minimum atomic E-state index is 1.14. The van der Waals surface area contributed by atoms with E-state index in [0.29, 0.717) is 0 Å². The Bertz CT molecular complexity index is 1320. The van der Waals surface area contributed by atoms with E-state index in [4.69, 9.17) is 0 Å². The van der Waals surface area contributed by atoms with Crippen molar-refractivity contribution in [3.8, 4) is 11.1 Å². The third kappa shape index (κ3) is 4.57. The summed E-state index contributed by atoms with van der Waals surface area (Å²) in [6, 6.07) is 47.2. The second-order valence-electron chi connectivity index (χ2n) is 8.49. The van der Waals surface area contributed by atoms with Crippen LogP contribution in [0.2, 0.25) is 0 Å². The Hall–Kier alpha value is -4.30. The van der Waals surface area contributed by atoms with Gasteiger partial charge in [-0.1, -0.05) is 78.4 Å². The number of benzene rings is 5. The van der Waals surface area contributed by atoms with E-state index in [-0.39, 0.29) is 0 Å². The van der Waals surface area contributed by atoms with Crippen molar-refractivity contribution in [1.82, 2.24) is 0 Å². The number of hydrogen-bond acceptors (Lipinski definition) is 2. The number of nitrogens with zero attached hydrogens (tertiary/aromatic N) is 2. The van der Waals surface area contributed by atoms with Gasteiger partial charge in [0.1, 0.15) is 0 Å². The Morgan fingerprint density at radius 2 is 0.735 bits per heavy atom. The first kappa shape index (κ1) is 21.5. The third-order valence-electron chi connectivity index (χ3n) is 6.16. The zero-order valence-corrected chi connectivity index (χ0v) is 19.6. The summed E-state index contributed by atoms with van der Waals surface area (Å²) in [5, 5.41) is 0. The smallest absolute Gasteiger partial charge is 0.0462 e. The van der Waals surface area contributed by atoms with E-state index in [1.54, 1.807) is 0 Å². The molecule has 0 saturated heterocycles. The molecule has 0 radical (unpaired) electrons. The molecular weight excluding hydrogens is 412 g/mol. The molecule has 5 aromatic carbocycles. The quantitative estimate of drug-likeness (QED) is 0.260. The zero-order valence-electron chi connectivity index (χ0n) is 19.6. The SMILES string of the molecule is Cc1ccc(N(c2ccccc2)c2ccc(-c3ccc(N(C)c4ccccc4)cc3)cc2)cc1. The highest BCUT2D eigenvalue weighted by molar-refractivity contribution is 5.78. The van der Waals surface area contributed by atoms with Gasteiger partial charge in [0.05, 0.1) is 0 Å². The summed E-state index contributed by atoms with van der Waals surface area (Å²) in [6.45, 7) is 2.12. The molecule has 0 heterocycles. The van der Waals surface area contributed by atoms with Crippen molar-refractivity contribution in [2.24, 2.45) is 0 Å². The van der Waals surface area contributed by atoms with Gasteiger partial charge >= 0.3 is 0 Å². The van der Waals surface area contributed by atoms with Gasteiger partial charge in [0.25, 0.3) is 0 Å². The van der Waals surface area contributed by atoms with Crippen LogP contribution in [0.15, 0.2) is 133 Å². The highest BCUT2D eigenvalue weighted by Crippen LogP contribution is 2.36. The predicted octanol–water partition coefficient (Wildman–Crippen LogP) is 8.90. The Morgan fingerprint density at radius 3 is 1.24 bits per heavy atom. The van der Waals surface area contributed by atoms with E-state index >= 15 is 0 Å². The van der Waals surface area contributed by atoms with E-state index in [2.05, 4.69) is 151 Å².